The topological polar surface area (TPSA) is 79.5 Å². The smallest absolute Gasteiger partial charge is 0.255 e. The van der Waals surface area contributed by atoms with Gasteiger partial charge in [-0.15, -0.1) is 0 Å². The lowest BCUT2D eigenvalue weighted by atomic mass is 10.0. The van der Waals surface area contributed by atoms with Gasteiger partial charge in [0.2, 0.25) is 0 Å². The van der Waals surface area contributed by atoms with Crippen molar-refractivity contribution < 1.29 is 14.3 Å². The van der Waals surface area contributed by atoms with Gasteiger partial charge in [0.25, 0.3) is 11.8 Å². The molecule has 0 aliphatic carbocycles. The zero-order valence-corrected chi connectivity index (χ0v) is 15.3. The number of para-hydroxylation sites is 1. The van der Waals surface area contributed by atoms with Gasteiger partial charge in [-0.2, -0.15) is 0 Å². The largest absolute Gasteiger partial charge is 0.497 e. The summed E-state index contributed by atoms with van der Waals surface area (Å²) in [5, 5.41) is 9.01. The molecule has 1 aliphatic heterocycles. The van der Waals surface area contributed by atoms with E-state index in [1.54, 1.807) is 37.4 Å². The van der Waals surface area contributed by atoms with Crippen molar-refractivity contribution in [2.45, 2.75) is 6.54 Å². The standard InChI is InChI=1S/C22H19N3O3/c1-28-16-9-7-14(8-10-16)21(26)25-19-12-11-18(17-13-23-22(27)20(17)19)24-15-5-3-2-4-6-15/h2-12,24H,13H2,1H3,(H,23,27)(H,25,26). The molecule has 0 fully saturated rings. The molecule has 2 amide bonds. The first-order valence-electron chi connectivity index (χ1n) is 8.87. The average Bonchev–Trinajstić information content (AvgIpc) is 3.13. The number of amides is 2. The molecule has 28 heavy (non-hydrogen) atoms. The summed E-state index contributed by atoms with van der Waals surface area (Å²) in [4.78, 5) is 25.0. The number of carbonyl (C=O) groups excluding carboxylic acids is 2. The Morgan fingerprint density at radius 2 is 1.68 bits per heavy atom. The second-order valence-electron chi connectivity index (χ2n) is 6.37. The van der Waals surface area contributed by atoms with E-state index < -0.39 is 0 Å². The number of carbonyl (C=O) groups is 2. The number of hydrogen-bond acceptors (Lipinski definition) is 4. The molecule has 0 atom stereocenters. The Morgan fingerprint density at radius 1 is 0.964 bits per heavy atom. The van der Waals surface area contributed by atoms with Gasteiger partial charge < -0.3 is 20.7 Å². The highest BCUT2D eigenvalue weighted by Gasteiger charge is 2.26. The minimum atomic E-state index is -0.284. The lowest BCUT2D eigenvalue weighted by Crippen LogP contribution is -2.17. The number of methoxy groups -OCH3 is 1. The van der Waals surface area contributed by atoms with E-state index in [1.165, 1.54) is 0 Å². The average molecular weight is 373 g/mol. The monoisotopic (exact) mass is 373 g/mol. The van der Waals surface area contributed by atoms with E-state index >= 15 is 0 Å². The van der Waals surface area contributed by atoms with Crippen LogP contribution in [-0.4, -0.2) is 18.9 Å². The summed E-state index contributed by atoms with van der Waals surface area (Å²) < 4.78 is 5.11. The van der Waals surface area contributed by atoms with Crippen LogP contribution in [0.4, 0.5) is 17.1 Å². The maximum Gasteiger partial charge on any atom is 0.255 e. The van der Waals surface area contributed by atoms with Gasteiger partial charge in [0, 0.05) is 29.0 Å². The van der Waals surface area contributed by atoms with Crippen LogP contribution < -0.4 is 20.7 Å². The van der Waals surface area contributed by atoms with Crippen LogP contribution in [0.2, 0.25) is 0 Å². The predicted octanol–water partition coefficient (Wildman–Crippen LogP) is 3.93. The first-order chi connectivity index (χ1) is 13.7. The van der Waals surface area contributed by atoms with Crippen molar-refractivity contribution in [1.82, 2.24) is 5.32 Å². The molecule has 3 aromatic rings. The molecule has 0 unspecified atom stereocenters. The highest BCUT2D eigenvalue weighted by Crippen LogP contribution is 2.33. The van der Waals surface area contributed by atoms with Gasteiger partial charge in [0.1, 0.15) is 5.75 Å². The molecule has 6 nitrogen and oxygen atoms in total. The summed E-state index contributed by atoms with van der Waals surface area (Å²) >= 11 is 0. The van der Waals surface area contributed by atoms with E-state index in [0.29, 0.717) is 29.1 Å². The van der Waals surface area contributed by atoms with Crippen LogP contribution >= 0.6 is 0 Å². The van der Waals surface area contributed by atoms with Crippen molar-refractivity contribution in [1.29, 1.82) is 0 Å². The van der Waals surface area contributed by atoms with E-state index in [4.69, 9.17) is 4.74 Å². The Hall–Kier alpha value is -3.80. The molecule has 140 valence electrons. The minimum Gasteiger partial charge on any atom is -0.497 e. The van der Waals surface area contributed by atoms with Crippen molar-refractivity contribution in [2.75, 3.05) is 17.7 Å². The van der Waals surface area contributed by atoms with E-state index in [1.807, 2.05) is 36.4 Å². The van der Waals surface area contributed by atoms with Gasteiger partial charge in [0.15, 0.2) is 0 Å². The third-order valence-electron chi connectivity index (χ3n) is 4.62. The number of rotatable bonds is 5. The van der Waals surface area contributed by atoms with Gasteiger partial charge in [-0.1, -0.05) is 18.2 Å². The fourth-order valence-electron chi connectivity index (χ4n) is 3.18. The molecule has 4 rings (SSSR count). The summed E-state index contributed by atoms with van der Waals surface area (Å²) in [6.07, 6.45) is 0. The third-order valence-corrected chi connectivity index (χ3v) is 4.62. The zero-order valence-electron chi connectivity index (χ0n) is 15.3. The molecule has 1 heterocycles. The van der Waals surface area contributed by atoms with Crippen molar-refractivity contribution in [3.05, 3.63) is 83.4 Å². The van der Waals surface area contributed by atoms with Crippen LogP contribution in [0.25, 0.3) is 0 Å². The first kappa shape index (κ1) is 17.6. The summed E-state index contributed by atoms with van der Waals surface area (Å²) in [5.41, 5.74) is 4.06. The summed E-state index contributed by atoms with van der Waals surface area (Å²) in [5.74, 6) is 0.193. The fraction of sp³-hybridized carbons (Fsp3) is 0.0909. The lowest BCUT2D eigenvalue weighted by molar-refractivity contribution is 0.0966. The number of hydrogen-bond donors (Lipinski definition) is 3. The molecule has 1 aliphatic rings. The van der Waals surface area contributed by atoms with Crippen molar-refractivity contribution >= 4 is 28.9 Å². The highest BCUT2D eigenvalue weighted by atomic mass is 16.5. The highest BCUT2D eigenvalue weighted by molar-refractivity contribution is 6.11. The summed E-state index contributed by atoms with van der Waals surface area (Å²) in [6.45, 7) is 0.412. The molecular weight excluding hydrogens is 354 g/mol. The summed E-state index contributed by atoms with van der Waals surface area (Å²) in [6, 6.07) is 20.2. The van der Waals surface area contributed by atoms with Crippen molar-refractivity contribution in [2.24, 2.45) is 0 Å². The fourth-order valence-corrected chi connectivity index (χ4v) is 3.18. The minimum absolute atomic E-state index is 0.197. The Bertz CT molecular complexity index is 1030. The van der Waals surface area contributed by atoms with Crippen LogP contribution in [0.5, 0.6) is 5.75 Å². The predicted molar refractivity (Wildman–Crippen MR) is 108 cm³/mol. The molecule has 6 heteroatoms. The second-order valence-corrected chi connectivity index (χ2v) is 6.37. The number of fused-ring (bicyclic) bond motifs is 1. The molecule has 0 bridgehead atoms. The first-order valence-corrected chi connectivity index (χ1v) is 8.87. The van der Waals surface area contributed by atoms with Crippen molar-refractivity contribution in [3.8, 4) is 5.75 Å². The molecule has 0 radical (unpaired) electrons. The van der Waals surface area contributed by atoms with Gasteiger partial charge in [0.05, 0.1) is 18.4 Å². The lowest BCUT2D eigenvalue weighted by Gasteiger charge is -2.14. The molecular formula is C22H19N3O3. The van der Waals surface area contributed by atoms with Crippen LogP contribution in [0.1, 0.15) is 26.3 Å². The van der Waals surface area contributed by atoms with E-state index in [9.17, 15) is 9.59 Å². The van der Waals surface area contributed by atoms with Crippen LogP contribution in [0.3, 0.4) is 0 Å². The Balaban J connectivity index is 1.62. The molecule has 3 aromatic carbocycles. The molecule has 0 aromatic heterocycles. The van der Waals surface area contributed by atoms with Crippen LogP contribution in [0, 0.1) is 0 Å². The maximum atomic E-state index is 12.6. The van der Waals surface area contributed by atoms with E-state index in [2.05, 4.69) is 16.0 Å². The quantitative estimate of drug-likeness (QED) is 0.633. The Kier molecular flexibility index (Phi) is 4.68. The van der Waals surface area contributed by atoms with Gasteiger partial charge in [-0.05, 0) is 48.5 Å². The number of ether oxygens (including phenoxy) is 1. The number of anilines is 3. The van der Waals surface area contributed by atoms with Crippen molar-refractivity contribution in [3.63, 3.8) is 0 Å². The van der Waals surface area contributed by atoms with Gasteiger partial charge in [-0.25, -0.2) is 0 Å². The normalized spacial score (nSPS) is 12.1. The third kappa shape index (κ3) is 3.40. The Morgan fingerprint density at radius 3 is 2.39 bits per heavy atom. The molecule has 3 N–H and O–H groups in total. The SMILES string of the molecule is COc1ccc(C(=O)Nc2ccc(Nc3ccccc3)c3c2C(=O)NC3)cc1. The number of nitrogens with one attached hydrogen (secondary N) is 3. The van der Waals surface area contributed by atoms with Crippen LogP contribution in [-0.2, 0) is 6.54 Å². The molecule has 0 saturated carbocycles. The van der Waals surface area contributed by atoms with Crippen LogP contribution in [0.15, 0.2) is 66.7 Å². The molecule has 0 spiro atoms. The summed E-state index contributed by atoms with van der Waals surface area (Å²) in [7, 11) is 1.57. The zero-order chi connectivity index (χ0) is 19.5. The maximum absolute atomic E-state index is 12.6. The van der Waals surface area contributed by atoms with Gasteiger partial charge >= 0.3 is 0 Å². The Labute approximate surface area is 162 Å². The number of benzene rings is 3. The molecule has 0 saturated heterocycles. The van der Waals surface area contributed by atoms with E-state index in [0.717, 1.165) is 16.9 Å². The van der Waals surface area contributed by atoms with E-state index in [-0.39, 0.29) is 11.8 Å². The van der Waals surface area contributed by atoms with Gasteiger partial charge in [-0.3, -0.25) is 9.59 Å². The second kappa shape index (κ2) is 7.44.